The highest BCUT2D eigenvalue weighted by atomic mass is 28.4. The second-order valence-electron chi connectivity index (χ2n) is 7.95. The summed E-state index contributed by atoms with van der Waals surface area (Å²) in [6.45, 7) is 21.0. The Morgan fingerprint density at radius 1 is 1.05 bits per heavy atom. The number of hydrogen-bond acceptors (Lipinski definition) is 2. The first-order chi connectivity index (χ1) is 8.89. The van der Waals surface area contributed by atoms with Crippen molar-refractivity contribution in [2.45, 2.75) is 90.8 Å². The first-order valence-electron chi connectivity index (χ1n) is 7.78. The van der Waals surface area contributed by atoms with Crippen LogP contribution in [0.3, 0.4) is 0 Å². The van der Waals surface area contributed by atoms with E-state index in [-0.39, 0.29) is 16.0 Å². The fraction of sp³-hybridized carbons (Fsp3) is 0.824. The smallest absolute Gasteiger partial charge is 0.319 e. The molecule has 0 saturated heterocycles. The lowest BCUT2D eigenvalue weighted by Crippen LogP contribution is -2.55. The maximum Gasteiger partial charge on any atom is 0.319 e. The molecule has 0 aromatic rings. The van der Waals surface area contributed by atoms with E-state index < -0.39 is 8.32 Å². The summed E-state index contributed by atoms with van der Waals surface area (Å²) in [6.07, 6.45) is 3.53. The molecule has 118 valence electrons. The van der Waals surface area contributed by atoms with Gasteiger partial charge in [0.05, 0.1) is 0 Å². The molecule has 0 N–H and O–H groups in total. The molecule has 0 aromatic heterocycles. The van der Waals surface area contributed by atoms with Crippen LogP contribution in [0.1, 0.15) is 74.7 Å². The normalized spacial score (nSPS) is 13.2. The van der Waals surface area contributed by atoms with Gasteiger partial charge in [-0.2, -0.15) is 0 Å². The van der Waals surface area contributed by atoms with E-state index in [0.717, 1.165) is 12.5 Å². The van der Waals surface area contributed by atoms with Crippen LogP contribution in [0.2, 0.25) is 16.1 Å². The molecule has 0 atom stereocenters. The van der Waals surface area contributed by atoms with Crippen molar-refractivity contribution in [1.82, 2.24) is 0 Å². The van der Waals surface area contributed by atoms with Crippen LogP contribution in [0.5, 0.6) is 0 Å². The van der Waals surface area contributed by atoms with Crippen molar-refractivity contribution >= 4 is 14.3 Å². The first kappa shape index (κ1) is 19.4. The molecule has 0 bridgehead atoms. The Balaban J connectivity index is 5.57. The molecule has 0 saturated carbocycles. The van der Waals surface area contributed by atoms with Gasteiger partial charge in [0.15, 0.2) is 0 Å². The van der Waals surface area contributed by atoms with Gasteiger partial charge in [0, 0.05) is 5.57 Å². The van der Waals surface area contributed by atoms with Crippen LogP contribution in [-0.4, -0.2) is 14.3 Å². The number of unbranched alkanes of at least 4 members (excludes halogenated alkanes) is 2. The topological polar surface area (TPSA) is 26.3 Å². The van der Waals surface area contributed by atoms with Crippen molar-refractivity contribution in [3.8, 4) is 0 Å². The Morgan fingerprint density at radius 3 is 1.80 bits per heavy atom. The van der Waals surface area contributed by atoms with Gasteiger partial charge in [-0.05, 0) is 23.0 Å². The third-order valence-electron chi connectivity index (χ3n) is 4.17. The molecule has 0 fully saturated rings. The van der Waals surface area contributed by atoms with Gasteiger partial charge >= 0.3 is 5.97 Å². The second kappa shape index (κ2) is 6.93. The molecular weight excluding hydrogens is 264 g/mol. The lowest BCUT2D eigenvalue weighted by molar-refractivity contribution is -0.131. The zero-order chi connectivity index (χ0) is 16.2. The minimum Gasteiger partial charge on any atom is -0.515 e. The molecule has 20 heavy (non-hydrogen) atoms. The fourth-order valence-corrected chi connectivity index (χ4v) is 8.80. The molecule has 0 aliphatic rings. The lowest BCUT2D eigenvalue weighted by Gasteiger charge is -2.50. The average Bonchev–Trinajstić information content (AvgIpc) is 2.24. The Labute approximate surface area is 127 Å². The minimum atomic E-state index is -2.27. The molecule has 0 heterocycles. The first-order valence-corrected chi connectivity index (χ1v) is 9.89. The van der Waals surface area contributed by atoms with Gasteiger partial charge in [-0.3, -0.25) is 0 Å². The van der Waals surface area contributed by atoms with Crippen molar-refractivity contribution in [2.24, 2.45) is 0 Å². The summed E-state index contributed by atoms with van der Waals surface area (Å²) in [6, 6.07) is 1.03. The molecule has 0 radical (unpaired) electrons. The molecule has 0 aliphatic carbocycles. The summed E-state index contributed by atoms with van der Waals surface area (Å²) < 4.78 is 6.18. The largest absolute Gasteiger partial charge is 0.515 e. The van der Waals surface area contributed by atoms with Crippen molar-refractivity contribution < 1.29 is 9.22 Å². The van der Waals surface area contributed by atoms with Gasteiger partial charge in [0.25, 0.3) is 8.32 Å². The summed E-state index contributed by atoms with van der Waals surface area (Å²) in [5.41, 5.74) is 0.505. The van der Waals surface area contributed by atoms with Crippen LogP contribution >= 0.6 is 0 Å². The zero-order valence-electron chi connectivity index (χ0n) is 14.9. The van der Waals surface area contributed by atoms with Crippen molar-refractivity contribution in [1.29, 1.82) is 0 Å². The summed E-state index contributed by atoms with van der Waals surface area (Å²) >= 11 is 0. The standard InChI is InChI=1S/C17H34O2Si/c1-10-11-12-13-20(16(4,5)6,17(7,8)9)19-15(18)14(2)3/h2,10-13H2,1,3-9H3. The van der Waals surface area contributed by atoms with Gasteiger partial charge < -0.3 is 4.43 Å². The molecule has 3 heteroatoms. The summed E-state index contributed by atoms with van der Waals surface area (Å²) in [4.78, 5) is 12.2. The van der Waals surface area contributed by atoms with E-state index in [1.165, 1.54) is 12.8 Å². The Hall–Kier alpha value is -0.573. The van der Waals surface area contributed by atoms with Crippen LogP contribution in [0, 0.1) is 0 Å². The predicted octanol–water partition coefficient (Wildman–Crippen LogP) is 5.84. The van der Waals surface area contributed by atoms with Gasteiger partial charge in [0.2, 0.25) is 0 Å². The van der Waals surface area contributed by atoms with Crippen LogP contribution in [0.25, 0.3) is 0 Å². The maximum absolute atomic E-state index is 12.2. The monoisotopic (exact) mass is 298 g/mol. The number of carbonyl (C=O) groups is 1. The lowest BCUT2D eigenvalue weighted by atomic mass is 10.2. The molecule has 2 nitrogen and oxygen atoms in total. The van der Waals surface area contributed by atoms with E-state index in [0.29, 0.717) is 5.57 Å². The third-order valence-corrected chi connectivity index (χ3v) is 10.6. The zero-order valence-corrected chi connectivity index (χ0v) is 15.9. The Kier molecular flexibility index (Phi) is 6.73. The molecule has 0 amide bonds. The molecule has 0 rings (SSSR count). The van der Waals surface area contributed by atoms with Crippen LogP contribution in [0.15, 0.2) is 12.2 Å². The highest BCUT2D eigenvalue weighted by molar-refractivity contribution is 6.80. The van der Waals surface area contributed by atoms with Crippen molar-refractivity contribution in [3.63, 3.8) is 0 Å². The van der Waals surface area contributed by atoms with Crippen molar-refractivity contribution in [3.05, 3.63) is 12.2 Å². The number of hydrogen-bond donors (Lipinski definition) is 0. The van der Waals surface area contributed by atoms with Gasteiger partial charge in [-0.25, -0.2) is 4.79 Å². The van der Waals surface area contributed by atoms with Gasteiger partial charge in [-0.1, -0.05) is 74.3 Å². The van der Waals surface area contributed by atoms with Crippen LogP contribution in [0.4, 0.5) is 0 Å². The minimum absolute atomic E-state index is 0.0180. The molecule has 0 aromatic carbocycles. The van der Waals surface area contributed by atoms with Crippen LogP contribution < -0.4 is 0 Å². The highest BCUT2D eigenvalue weighted by Gasteiger charge is 2.57. The summed E-state index contributed by atoms with van der Waals surface area (Å²) in [5, 5.41) is 0.0359. The molecule has 0 unspecified atom stereocenters. The molecule has 0 aliphatic heterocycles. The quantitative estimate of drug-likeness (QED) is 0.350. The van der Waals surface area contributed by atoms with E-state index in [9.17, 15) is 4.79 Å². The summed E-state index contributed by atoms with van der Waals surface area (Å²) in [7, 11) is -2.27. The number of rotatable bonds is 6. The predicted molar refractivity (Wildman–Crippen MR) is 90.4 cm³/mol. The van der Waals surface area contributed by atoms with Gasteiger partial charge in [0.1, 0.15) is 0 Å². The third kappa shape index (κ3) is 4.47. The van der Waals surface area contributed by atoms with E-state index in [1.807, 2.05) is 0 Å². The number of carbonyl (C=O) groups excluding carboxylic acids is 1. The highest BCUT2D eigenvalue weighted by Crippen LogP contribution is 2.54. The second-order valence-corrected chi connectivity index (χ2v) is 13.3. The average molecular weight is 299 g/mol. The van der Waals surface area contributed by atoms with E-state index in [1.54, 1.807) is 6.92 Å². The fourth-order valence-electron chi connectivity index (χ4n) is 3.10. The SMILES string of the molecule is C=C(C)C(=O)O[Si](CCCCC)(C(C)(C)C)C(C)(C)C. The van der Waals surface area contributed by atoms with Gasteiger partial charge in [-0.15, -0.1) is 0 Å². The summed E-state index contributed by atoms with van der Waals surface area (Å²) in [5.74, 6) is -0.210. The Morgan fingerprint density at radius 2 is 1.50 bits per heavy atom. The maximum atomic E-state index is 12.2. The van der Waals surface area contributed by atoms with E-state index in [2.05, 4.69) is 55.0 Å². The van der Waals surface area contributed by atoms with Crippen molar-refractivity contribution in [2.75, 3.05) is 0 Å². The van der Waals surface area contributed by atoms with E-state index in [4.69, 9.17) is 4.43 Å². The van der Waals surface area contributed by atoms with Crippen LogP contribution in [-0.2, 0) is 9.22 Å². The molecular formula is C17H34O2Si. The Bertz CT molecular complexity index is 331. The van der Waals surface area contributed by atoms with E-state index >= 15 is 0 Å². The molecule has 0 spiro atoms.